The maximum atomic E-state index is 6.15. The molecule has 0 aromatic heterocycles. The predicted molar refractivity (Wildman–Crippen MR) is 67.1 cm³/mol. The molecule has 0 amide bonds. The molecule has 0 aliphatic heterocycles. The Kier molecular flexibility index (Phi) is 5.13. The number of rotatable bonds is 5. The van der Waals surface area contributed by atoms with Crippen molar-refractivity contribution in [3.63, 3.8) is 0 Å². The second-order valence-electron chi connectivity index (χ2n) is 4.08. The van der Waals surface area contributed by atoms with Crippen molar-refractivity contribution < 1.29 is 0 Å². The second kappa shape index (κ2) is 6.14. The second-order valence-corrected chi connectivity index (χ2v) is 4.51. The molecule has 0 aliphatic carbocycles. The highest BCUT2D eigenvalue weighted by Crippen LogP contribution is 2.24. The van der Waals surface area contributed by atoms with Gasteiger partial charge in [0.15, 0.2) is 0 Å². The van der Waals surface area contributed by atoms with Crippen LogP contribution >= 0.6 is 11.6 Å². The smallest absolute Gasteiger partial charge is 0.0406 e. The standard InChI is InChI=1S/C13H20ClN/c1-3-10(4-2)9-13(15)11-5-7-12(14)8-6-11/h5-8,10,13H,3-4,9,15H2,1-2H3. The Labute approximate surface area is 97.6 Å². The minimum absolute atomic E-state index is 0.146. The molecule has 1 unspecified atom stereocenters. The van der Waals surface area contributed by atoms with Gasteiger partial charge in [0.1, 0.15) is 0 Å². The number of hydrogen-bond donors (Lipinski definition) is 1. The van der Waals surface area contributed by atoms with Gasteiger partial charge in [0, 0.05) is 11.1 Å². The van der Waals surface area contributed by atoms with Crippen molar-refractivity contribution >= 4 is 11.6 Å². The summed E-state index contributed by atoms with van der Waals surface area (Å²) in [5, 5.41) is 0.772. The van der Waals surface area contributed by atoms with E-state index in [-0.39, 0.29) is 6.04 Å². The molecule has 2 N–H and O–H groups in total. The van der Waals surface area contributed by atoms with Crippen molar-refractivity contribution in [1.29, 1.82) is 0 Å². The molecule has 0 saturated heterocycles. The fourth-order valence-electron chi connectivity index (χ4n) is 1.83. The van der Waals surface area contributed by atoms with E-state index in [2.05, 4.69) is 13.8 Å². The lowest BCUT2D eigenvalue weighted by Gasteiger charge is -2.18. The highest BCUT2D eigenvalue weighted by Gasteiger charge is 2.11. The molecule has 1 rings (SSSR count). The summed E-state index contributed by atoms with van der Waals surface area (Å²) in [5.41, 5.74) is 7.34. The Hall–Kier alpha value is -0.530. The van der Waals surface area contributed by atoms with E-state index in [1.165, 1.54) is 18.4 Å². The summed E-state index contributed by atoms with van der Waals surface area (Å²) in [7, 11) is 0. The lowest BCUT2D eigenvalue weighted by Crippen LogP contribution is -2.14. The highest BCUT2D eigenvalue weighted by molar-refractivity contribution is 6.30. The Bertz CT molecular complexity index is 277. The molecule has 1 aromatic carbocycles. The summed E-state index contributed by atoms with van der Waals surface area (Å²) in [6, 6.07) is 8.00. The molecule has 1 atom stereocenters. The molecule has 0 radical (unpaired) electrons. The van der Waals surface area contributed by atoms with Crippen molar-refractivity contribution in [3.8, 4) is 0 Å². The maximum Gasteiger partial charge on any atom is 0.0406 e. The van der Waals surface area contributed by atoms with Gasteiger partial charge >= 0.3 is 0 Å². The molecule has 0 saturated carbocycles. The van der Waals surface area contributed by atoms with Gasteiger partial charge in [-0.05, 0) is 30.0 Å². The Morgan fingerprint density at radius 2 is 1.67 bits per heavy atom. The van der Waals surface area contributed by atoms with E-state index in [4.69, 9.17) is 17.3 Å². The molecule has 0 fully saturated rings. The minimum Gasteiger partial charge on any atom is -0.324 e. The van der Waals surface area contributed by atoms with Crippen LogP contribution in [0.15, 0.2) is 24.3 Å². The van der Waals surface area contributed by atoms with E-state index in [0.29, 0.717) is 0 Å². The number of halogens is 1. The van der Waals surface area contributed by atoms with Crippen molar-refractivity contribution in [3.05, 3.63) is 34.9 Å². The first kappa shape index (κ1) is 12.5. The van der Waals surface area contributed by atoms with Crippen molar-refractivity contribution in [2.75, 3.05) is 0 Å². The molecule has 0 aliphatic rings. The monoisotopic (exact) mass is 225 g/mol. The molecule has 0 spiro atoms. The van der Waals surface area contributed by atoms with E-state index in [0.717, 1.165) is 17.4 Å². The normalized spacial score (nSPS) is 13.1. The quantitative estimate of drug-likeness (QED) is 0.800. The molecule has 0 heterocycles. The molecule has 1 nitrogen and oxygen atoms in total. The average Bonchev–Trinajstić information content (AvgIpc) is 2.26. The Balaban J connectivity index is 2.60. The van der Waals surface area contributed by atoms with Gasteiger partial charge in [0.05, 0.1) is 0 Å². The molecule has 0 bridgehead atoms. The topological polar surface area (TPSA) is 26.0 Å². The van der Waals surface area contributed by atoms with Crippen LogP contribution in [-0.2, 0) is 0 Å². The SMILES string of the molecule is CCC(CC)CC(N)c1ccc(Cl)cc1. The Morgan fingerprint density at radius 3 is 2.13 bits per heavy atom. The highest BCUT2D eigenvalue weighted by atomic mass is 35.5. The average molecular weight is 226 g/mol. The van der Waals surface area contributed by atoms with Gasteiger partial charge < -0.3 is 5.73 Å². The van der Waals surface area contributed by atoms with E-state index in [1.54, 1.807) is 0 Å². The van der Waals surface area contributed by atoms with Gasteiger partial charge in [-0.1, -0.05) is 50.4 Å². The van der Waals surface area contributed by atoms with Gasteiger partial charge in [0.2, 0.25) is 0 Å². The van der Waals surface area contributed by atoms with Crippen LogP contribution in [0, 0.1) is 5.92 Å². The van der Waals surface area contributed by atoms with Gasteiger partial charge in [0.25, 0.3) is 0 Å². The summed E-state index contributed by atoms with van der Waals surface area (Å²) < 4.78 is 0. The summed E-state index contributed by atoms with van der Waals surface area (Å²) >= 11 is 5.84. The predicted octanol–water partition coefficient (Wildman–Crippen LogP) is 4.17. The van der Waals surface area contributed by atoms with E-state index in [9.17, 15) is 0 Å². The molecular formula is C13H20ClN. The summed E-state index contributed by atoms with van der Waals surface area (Å²) in [6.07, 6.45) is 3.48. The first-order chi connectivity index (χ1) is 7.17. The van der Waals surface area contributed by atoms with E-state index >= 15 is 0 Å². The van der Waals surface area contributed by atoms with Gasteiger partial charge in [-0.3, -0.25) is 0 Å². The Morgan fingerprint density at radius 1 is 1.13 bits per heavy atom. The van der Waals surface area contributed by atoms with E-state index in [1.807, 2.05) is 24.3 Å². The van der Waals surface area contributed by atoms with Crippen LogP contribution in [0.1, 0.15) is 44.7 Å². The lowest BCUT2D eigenvalue weighted by atomic mass is 9.92. The third-order valence-electron chi connectivity index (χ3n) is 3.04. The molecule has 84 valence electrons. The lowest BCUT2D eigenvalue weighted by molar-refractivity contribution is 0.414. The zero-order chi connectivity index (χ0) is 11.3. The van der Waals surface area contributed by atoms with Crippen LogP contribution in [0.3, 0.4) is 0 Å². The zero-order valence-electron chi connectivity index (χ0n) is 9.54. The van der Waals surface area contributed by atoms with Crippen molar-refractivity contribution in [2.45, 2.75) is 39.2 Å². The molecule has 15 heavy (non-hydrogen) atoms. The van der Waals surface area contributed by atoms with Gasteiger partial charge in [-0.15, -0.1) is 0 Å². The van der Waals surface area contributed by atoms with Crippen molar-refractivity contribution in [2.24, 2.45) is 11.7 Å². The summed E-state index contributed by atoms with van der Waals surface area (Å²) in [5.74, 6) is 0.732. The van der Waals surface area contributed by atoms with Crippen LogP contribution in [0.5, 0.6) is 0 Å². The molecular weight excluding hydrogens is 206 g/mol. The summed E-state index contributed by atoms with van der Waals surface area (Å²) in [6.45, 7) is 4.45. The zero-order valence-corrected chi connectivity index (χ0v) is 10.3. The van der Waals surface area contributed by atoms with Crippen LogP contribution in [0.25, 0.3) is 0 Å². The first-order valence-electron chi connectivity index (χ1n) is 5.68. The van der Waals surface area contributed by atoms with Crippen molar-refractivity contribution in [1.82, 2.24) is 0 Å². The number of hydrogen-bond acceptors (Lipinski definition) is 1. The van der Waals surface area contributed by atoms with E-state index < -0.39 is 0 Å². The number of nitrogens with two attached hydrogens (primary N) is 1. The minimum atomic E-state index is 0.146. The fourth-order valence-corrected chi connectivity index (χ4v) is 1.95. The fraction of sp³-hybridized carbons (Fsp3) is 0.538. The molecule has 1 aromatic rings. The largest absolute Gasteiger partial charge is 0.324 e. The molecule has 2 heteroatoms. The van der Waals surface area contributed by atoms with Crippen LogP contribution in [-0.4, -0.2) is 0 Å². The third kappa shape index (κ3) is 3.84. The van der Waals surface area contributed by atoms with Crippen LogP contribution < -0.4 is 5.73 Å². The van der Waals surface area contributed by atoms with Crippen LogP contribution in [0.2, 0.25) is 5.02 Å². The number of benzene rings is 1. The van der Waals surface area contributed by atoms with Gasteiger partial charge in [-0.2, -0.15) is 0 Å². The third-order valence-corrected chi connectivity index (χ3v) is 3.29. The summed E-state index contributed by atoms with van der Waals surface area (Å²) in [4.78, 5) is 0. The van der Waals surface area contributed by atoms with Gasteiger partial charge in [-0.25, -0.2) is 0 Å². The van der Waals surface area contributed by atoms with Crippen LogP contribution in [0.4, 0.5) is 0 Å². The maximum absolute atomic E-state index is 6.15. The first-order valence-corrected chi connectivity index (χ1v) is 6.06.